The average Bonchev–Trinajstić information content (AvgIpc) is 2.91. The van der Waals surface area contributed by atoms with E-state index in [0.29, 0.717) is 12.3 Å². The van der Waals surface area contributed by atoms with Gasteiger partial charge in [-0.15, -0.1) is 0 Å². The summed E-state index contributed by atoms with van der Waals surface area (Å²) in [6, 6.07) is 7.69. The number of amides is 1. The first-order valence-corrected chi connectivity index (χ1v) is 9.84. The number of carbonyl (C=O) groups excluding carboxylic acids is 1. The molecule has 8 nitrogen and oxygen atoms in total. The number of aryl methyl sites for hydroxylation is 2. The molecule has 29 heavy (non-hydrogen) atoms. The molecule has 8 heteroatoms. The van der Waals surface area contributed by atoms with E-state index in [1.54, 1.807) is 6.07 Å². The number of hydrogen-bond acceptors (Lipinski definition) is 4. The van der Waals surface area contributed by atoms with Crippen molar-refractivity contribution in [2.75, 3.05) is 13.2 Å². The maximum Gasteiger partial charge on any atom is 0.255 e. The van der Waals surface area contributed by atoms with Crippen LogP contribution in [-0.4, -0.2) is 40.8 Å². The lowest BCUT2D eigenvalue weighted by molar-refractivity contribution is -0.119. The van der Waals surface area contributed by atoms with Crippen LogP contribution in [0.15, 0.2) is 29.3 Å². The van der Waals surface area contributed by atoms with Gasteiger partial charge in [0.15, 0.2) is 12.6 Å². The molecule has 0 bridgehead atoms. The smallest absolute Gasteiger partial charge is 0.255 e. The minimum Gasteiger partial charge on any atom is -0.484 e. The Morgan fingerprint density at radius 2 is 2.14 bits per heavy atom. The van der Waals surface area contributed by atoms with Crippen molar-refractivity contribution in [2.24, 2.45) is 17.8 Å². The molecule has 0 saturated heterocycles. The van der Waals surface area contributed by atoms with Gasteiger partial charge in [-0.1, -0.05) is 12.1 Å². The minimum absolute atomic E-state index is 0.137. The highest BCUT2D eigenvalue weighted by Crippen LogP contribution is 2.15. The van der Waals surface area contributed by atoms with E-state index in [4.69, 9.17) is 10.5 Å². The number of guanidine groups is 1. The lowest BCUT2D eigenvalue weighted by Gasteiger charge is -2.18. The van der Waals surface area contributed by atoms with Gasteiger partial charge >= 0.3 is 0 Å². The number of nitrogens with two attached hydrogens (primary N) is 1. The molecular weight excluding hydrogens is 368 g/mol. The lowest BCUT2D eigenvalue weighted by Crippen LogP contribution is -2.43. The van der Waals surface area contributed by atoms with Crippen LogP contribution in [0.2, 0.25) is 0 Å². The summed E-state index contributed by atoms with van der Waals surface area (Å²) in [5, 5.41) is 11.2. The summed E-state index contributed by atoms with van der Waals surface area (Å²) in [6.07, 6.45) is 0.867. The largest absolute Gasteiger partial charge is 0.484 e. The fourth-order valence-corrected chi connectivity index (χ4v) is 3.08. The molecule has 0 aliphatic carbocycles. The molecule has 2 rings (SSSR count). The van der Waals surface area contributed by atoms with E-state index >= 15 is 0 Å². The summed E-state index contributed by atoms with van der Waals surface area (Å²) in [5.74, 6) is 0.855. The van der Waals surface area contributed by atoms with Crippen LogP contribution in [0.5, 0.6) is 5.75 Å². The fourth-order valence-electron chi connectivity index (χ4n) is 3.08. The summed E-state index contributed by atoms with van der Waals surface area (Å²) in [4.78, 5) is 15.6. The van der Waals surface area contributed by atoms with Crippen LogP contribution in [-0.2, 0) is 24.8 Å². The number of rotatable bonds is 9. The molecule has 0 radical (unpaired) electrons. The molecule has 1 unspecified atom stereocenters. The minimum atomic E-state index is -0.500. The van der Waals surface area contributed by atoms with E-state index in [2.05, 4.69) is 34.6 Å². The summed E-state index contributed by atoms with van der Waals surface area (Å²) in [7, 11) is 1.97. The van der Waals surface area contributed by atoms with E-state index in [1.165, 1.54) is 11.3 Å². The van der Waals surface area contributed by atoms with Gasteiger partial charge < -0.3 is 21.1 Å². The van der Waals surface area contributed by atoms with Crippen molar-refractivity contribution in [3.63, 3.8) is 0 Å². The van der Waals surface area contributed by atoms with Crippen LogP contribution in [0.25, 0.3) is 0 Å². The third-order valence-electron chi connectivity index (χ3n) is 4.60. The normalized spacial score (nSPS) is 12.5. The number of nitrogens with one attached hydrogen (secondary N) is 2. The number of ether oxygens (including phenoxy) is 1. The first kappa shape index (κ1) is 22.3. The molecule has 0 spiro atoms. The molecule has 1 aromatic carbocycles. The van der Waals surface area contributed by atoms with Gasteiger partial charge in [0.2, 0.25) is 0 Å². The number of hydrogen-bond donors (Lipinski definition) is 3. The van der Waals surface area contributed by atoms with Gasteiger partial charge in [-0.05, 0) is 57.4 Å². The Hall–Kier alpha value is -3.03. The highest BCUT2D eigenvalue weighted by molar-refractivity contribution is 5.80. The van der Waals surface area contributed by atoms with Crippen LogP contribution >= 0.6 is 0 Å². The molecule has 0 aliphatic heterocycles. The fraction of sp³-hybridized carbons (Fsp3) is 0.476. The van der Waals surface area contributed by atoms with Crippen molar-refractivity contribution >= 4 is 11.9 Å². The summed E-state index contributed by atoms with van der Waals surface area (Å²) in [6.45, 7) is 9.43. The van der Waals surface area contributed by atoms with Crippen molar-refractivity contribution in [3.05, 3.63) is 46.8 Å². The third kappa shape index (κ3) is 6.81. The van der Waals surface area contributed by atoms with Gasteiger partial charge in [0.25, 0.3) is 5.91 Å². The molecule has 1 atom stereocenters. The van der Waals surface area contributed by atoms with Crippen LogP contribution in [0.3, 0.4) is 0 Å². The monoisotopic (exact) mass is 400 g/mol. The molecule has 2 aromatic rings. The lowest BCUT2D eigenvalue weighted by atomic mass is 10.1. The van der Waals surface area contributed by atoms with Gasteiger partial charge in [-0.25, -0.2) is 4.99 Å². The molecule has 4 N–H and O–H groups in total. The van der Waals surface area contributed by atoms with Gasteiger partial charge in [0.05, 0.1) is 12.2 Å². The van der Waals surface area contributed by atoms with Crippen molar-refractivity contribution in [1.82, 2.24) is 20.4 Å². The molecule has 0 saturated carbocycles. The standard InChI is InChI=1S/C21H32N6O2/c1-6-23-21(25-14(2)10-19-15(3)26-27(5)16(19)4)24-12-17-8-7-9-18(11-17)29-13-20(22)28/h7-9,11,14H,6,10,12-13H2,1-5H3,(H2,22,28)(H2,23,24,25). The maximum absolute atomic E-state index is 10.9. The molecule has 0 fully saturated rings. The highest BCUT2D eigenvalue weighted by atomic mass is 16.5. The number of carbonyl (C=O) groups is 1. The Bertz CT molecular complexity index is 859. The number of benzene rings is 1. The number of nitrogens with zero attached hydrogens (tertiary/aromatic N) is 3. The van der Waals surface area contributed by atoms with E-state index in [9.17, 15) is 4.79 Å². The van der Waals surface area contributed by atoms with Crippen LogP contribution < -0.4 is 21.1 Å². The van der Waals surface area contributed by atoms with Crippen molar-refractivity contribution in [2.45, 2.75) is 46.7 Å². The Kier molecular flexibility index (Phi) is 8.06. The number of primary amides is 1. The number of aliphatic imine (C=N–C) groups is 1. The summed E-state index contributed by atoms with van der Waals surface area (Å²) in [5.41, 5.74) is 9.62. The Labute approximate surface area is 172 Å². The van der Waals surface area contributed by atoms with Gasteiger partial charge in [0.1, 0.15) is 5.75 Å². The van der Waals surface area contributed by atoms with E-state index in [-0.39, 0.29) is 12.6 Å². The predicted molar refractivity (Wildman–Crippen MR) is 115 cm³/mol. The van der Waals surface area contributed by atoms with E-state index in [1.807, 2.05) is 43.8 Å². The molecule has 158 valence electrons. The van der Waals surface area contributed by atoms with Crippen LogP contribution in [0.4, 0.5) is 0 Å². The number of aromatic nitrogens is 2. The third-order valence-corrected chi connectivity index (χ3v) is 4.60. The Morgan fingerprint density at radius 3 is 2.76 bits per heavy atom. The topological polar surface area (TPSA) is 107 Å². The van der Waals surface area contributed by atoms with Gasteiger partial charge in [0, 0.05) is 25.3 Å². The SMILES string of the molecule is CCNC(=NCc1cccc(OCC(N)=O)c1)NC(C)Cc1c(C)nn(C)c1C. The van der Waals surface area contributed by atoms with Crippen LogP contribution in [0, 0.1) is 13.8 Å². The van der Waals surface area contributed by atoms with E-state index in [0.717, 1.165) is 30.2 Å². The Balaban J connectivity index is 2.02. The molecule has 1 heterocycles. The van der Waals surface area contributed by atoms with Crippen molar-refractivity contribution in [1.29, 1.82) is 0 Å². The Morgan fingerprint density at radius 1 is 1.38 bits per heavy atom. The predicted octanol–water partition coefficient (Wildman–Crippen LogP) is 1.59. The second kappa shape index (κ2) is 10.5. The second-order valence-electron chi connectivity index (χ2n) is 7.12. The molecular formula is C21H32N6O2. The molecule has 1 aromatic heterocycles. The highest BCUT2D eigenvalue weighted by Gasteiger charge is 2.14. The average molecular weight is 401 g/mol. The van der Waals surface area contributed by atoms with Gasteiger partial charge in [-0.2, -0.15) is 5.10 Å². The zero-order valence-electron chi connectivity index (χ0n) is 18.0. The van der Waals surface area contributed by atoms with Crippen LogP contribution in [0.1, 0.15) is 36.4 Å². The van der Waals surface area contributed by atoms with Crippen molar-refractivity contribution < 1.29 is 9.53 Å². The summed E-state index contributed by atoms with van der Waals surface area (Å²) < 4.78 is 7.28. The van der Waals surface area contributed by atoms with Gasteiger partial charge in [-0.3, -0.25) is 9.48 Å². The first-order chi connectivity index (χ1) is 13.8. The molecule has 0 aliphatic rings. The summed E-state index contributed by atoms with van der Waals surface area (Å²) >= 11 is 0. The maximum atomic E-state index is 10.9. The molecule has 1 amide bonds. The first-order valence-electron chi connectivity index (χ1n) is 9.84. The van der Waals surface area contributed by atoms with E-state index < -0.39 is 5.91 Å². The second-order valence-corrected chi connectivity index (χ2v) is 7.12. The van der Waals surface area contributed by atoms with Crippen molar-refractivity contribution in [3.8, 4) is 5.75 Å². The zero-order chi connectivity index (χ0) is 21.4. The quantitative estimate of drug-likeness (QED) is 0.438. The zero-order valence-corrected chi connectivity index (χ0v) is 18.0.